The topological polar surface area (TPSA) is 103 Å². The SMILES string of the molecule is CC1(C)O[C@H]2O[C@H]([C@H]3COC(C)(C)O3)[C@@H](CC[C@@H]3O[C@H](COCc4ccccc4)[C@@H](OCc4ccccc4)[C@H](OCc4ccccc4)[C@H]3O)[C@H]2O1. The van der Waals surface area contributed by atoms with Crippen LogP contribution in [-0.2, 0) is 62.5 Å². The van der Waals surface area contributed by atoms with Gasteiger partial charge in [0.2, 0.25) is 0 Å². The maximum atomic E-state index is 12.1. The smallest absolute Gasteiger partial charge is 0.187 e. The van der Waals surface area contributed by atoms with Crippen LogP contribution in [0.1, 0.15) is 57.2 Å². The molecule has 51 heavy (non-hydrogen) atoms. The Labute approximate surface area is 301 Å². The van der Waals surface area contributed by atoms with E-state index in [4.69, 9.17) is 42.6 Å². The van der Waals surface area contributed by atoms with Crippen molar-refractivity contribution in [1.82, 2.24) is 0 Å². The van der Waals surface area contributed by atoms with Crippen molar-refractivity contribution in [2.75, 3.05) is 13.2 Å². The van der Waals surface area contributed by atoms with Gasteiger partial charge in [0.15, 0.2) is 17.9 Å². The summed E-state index contributed by atoms with van der Waals surface area (Å²) >= 11 is 0. The van der Waals surface area contributed by atoms with Crippen LogP contribution >= 0.6 is 0 Å². The molecule has 0 radical (unpaired) electrons. The minimum absolute atomic E-state index is 0.0846. The van der Waals surface area contributed by atoms with Crippen LogP contribution in [-0.4, -0.2) is 85.0 Å². The van der Waals surface area contributed by atoms with Crippen LogP contribution < -0.4 is 0 Å². The normalized spacial score (nSPS) is 34.1. The van der Waals surface area contributed by atoms with Crippen molar-refractivity contribution in [3.63, 3.8) is 0 Å². The van der Waals surface area contributed by atoms with Crippen molar-refractivity contribution in [1.29, 1.82) is 0 Å². The van der Waals surface area contributed by atoms with Crippen LogP contribution in [0.15, 0.2) is 91.0 Å². The Bertz CT molecular complexity index is 1500. The maximum Gasteiger partial charge on any atom is 0.187 e. The molecule has 0 saturated carbocycles. The van der Waals surface area contributed by atoms with E-state index in [1.54, 1.807) is 0 Å². The van der Waals surface area contributed by atoms with Crippen LogP contribution in [0.4, 0.5) is 0 Å². The Balaban J connectivity index is 1.11. The van der Waals surface area contributed by atoms with Gasteiger partial charge in [-0.05, 0) is 57.2 Å². The van der Waals surface area contributed by atoms with Gasteiger partial charge < -0.3 is 47.7 Å². The van der Waals surface area contributed by atoms with Crippen LogP contribution in [0.3, 0.4) is 0 Å². The van der Waals surface area contributed by atoms with Gasteiger partial charge in [-0.15, -0.1) is 0 Å². The first-order chi connectivity index (χ1) is 24.6. The van der Waals surface area contributed by atoms with E-state index in [9.17, 15) is 5.11 Å². The van der Waals surface area contributed by atoms with Crippen molar-refractivity contribution in [2.24, 2.45) is 5.92 Å². The molecule has 0 bridgehead atoms. The fourth-order valence-electron chi connectivity index (χ4n) is 7.69. The fourth-order valence-corrected chi connectivity index (χ4v) is 7.69. The third kappa shape index (κ3) is 9.08. The van der Waals surface area contributed by atoms with Gasteiger partial charge in [0, 0.05) is 5.92 Å². The molecule has 276 valence electrons. The van der Waals surface area contributed by atoms with Gasteiger partial charge in [-0.25, -0.2) is 0 Å². The zero-order valence-electron chi connectivity index (χ0n) is 30.0. The van der Waals surface area contributed by atoms with E-state index in [1.807, 2.05) is 119 Å². The number of rotatable bonds is 14. The highest BCUT2D eigenvalue weighted by Gasteiger charge is 2.58. The Kier molecular flexibility index (Phi) is 11.6. The second kappa shape index (κ2) is 16.1. The summed E-state index contributed by atoms with van der Waals surface area (Å²) in [5.74, 6) is -1.56. The molecule has 10 heteroatoms. The monoisotopic (exact) mass is 704 g/mol. The molecule has 10 atom stereocenters. The first-order valence-corrected chi connectivity index (χ1v) is 18.2. The maximum absolute atomic E-state index is 12.1. The summed E-state index contributed by atoms with van der Waals surface area (Å²) in [6.07, 6.45) is -3.58. The highest BCUT2D eigenvalue weighted by molar-refractivity contribution is 5.15. The van der Waals surface area contributed by atoms with Gasteiger partial charge in [0.25, 0.3) is 0 Å². The second-order valence-corrected chi connectivity index (χ2v) is 14.9. The molecule has 10 nitrogen and oxygen atoms in total. The van der Waals surface area contributed by atoms with E-state index in [1.165, 1.54) is 0 Å². The quantitative estimate of drug-likeness (QED) is 0.217. The number of benzene rings is 3. The minimum Gasteiger partial charge on any atom is -0.388 e. The summed E-state index contributed by atoms with van der Waals surface area (Å²) in [7, 11) is 0. The molecule has 4 fully saturated rings. The van der Waals surface area contributed by atoms with Gasteiger partial charge >= 0.3 is 0 Å². The standard InChI is InChI=1S/C41H52O10/c1-40(2)46-26-33(49-40)35-30(36-39(48-35)51-41(3,4)50-36)20-21-31-34(42)38(45-24-29-18-12-7-13-19-29)37(44-23-28-16-10-6-11-17-28)32(47-31)25-43-22-27-14-8-5-9-15-27/h5-19,30-39,42H,20-26H2,1-4H3/t30-,31+,32-,33-,34+,35+,36-,37-,38-,39-/m1/s1. The highest BCUT2D eigenvalue weighted by atomic mass is 16.8. The lowest BCUT2D eigenvalue weighted by Gasteiger charge is -2.45. The predicted molar refractivity (Wildman–Crippen MR) is 187 cm³/mol. The molecular formula is C41H52O10. The Morgan fingerprint density at radius 1 is 0.627 bits per heavy atom. The van der Waals surface area contributed by atoms with Gasteiger partial charge in [0.1, 0.15) is 36.6 Å². The molecule has 1 N–H and O–H groups in total. The number of ether oxygens (including phenoxy) is 9. The summed E-state index contributed by atoms with van der Waals surface area (Å²) in [6.45, 7) is 9.37. The third-order valence-corrected chi connectivity index (χ3v) is 10.1. The number of fused-ring (bicyclic) bond motifs is 1. The van der Waals surface area contributed by atoms with Crippen molar-refractivity contribution < 1.29 is 47.7 Å². The summed E-state index contributed by atoms with van der Waals surface area (Å²) < 4.78 is 57.4. The lowest BCUT2D eigenvalue weighted by molar-refractivity contribution is -0.263. The zero-order chi connectivity index (χ0) is 35.4. The van der Waals surface area contributed by atoms with Gasteiger partial charge in [-0.2, -0.15) is 0 Å². The molecule has 4 saturated heterocycles. The van der Waals surface area contributed by atoms with Gasteiger partial charge in [0.05, 0.1) is 45.2 Å². The molecule has 4 heterocycles. The molecule has 3 aromatic carbocycles. The molecule has 0 aliphatic carbocycles. The van der Waals surface area contributed by atoms with E-state index in [0.717, 1.165) is 16.7 Å². The first kappa shape index (κ1) is 36.6. The summed E-state index contributed by atoms with van der Waals surface area (Å²) in [4.78, 5) is 0. The van der Waals surface area contributed by atoms with Gasteiger partial charge in [-0.3, -0.25) is 0 Å². The zero-order valence-corrected chi connectivity index (χ0v) is 30.0. The predicted octanol–water partition coefficient (Wildman–Crippen LogP) is 5.93. The number of hydrogen-bond acceptors (Lipinski definition) is 10. The first-order valence-electron chi connectivity index (χ1n) is 18.2. The van der Waals surface area contributed by atoms with Crippen LogP contribution in [0.5, 0.6) is 0 Å². The average Bonchev–Trinajstić information content (AvgIpc) is 3.76. The molecule has 4 aliphatic heterocycles. The third-order valence-electron chi connectivity index (χ3n) is 10.1. The molecule has 4 aliphatic rings. The minimum atomic E-state index is -0.974. The molecule has 3 aromatic rings. The van der Waals surface area contributed by atoms with E-state index in [0.29, 0.717) is 39.3 Å². The summed E-state index contributed by atoms with van der Waals surface area (Å²) in [5.41, 5.74) is 3.09. The molecule has 7 rings (SSSR count). The molecular weight excluding hydrogens is 652 g/mol. The molecule has 0 spiro atoms. The Morgan fingerprint density at radius 2 is 1.22 bits per heavy atom. The average molecular weight is 705 g/mol. The van der Waals surface area contributed by atoms with Gasteiger partial charge in [-0.1, -0.05) is 91.0 Å². The lowest BCUT2D eigenvalue weighted by atomic mass is 9.86. The molecule has 0 aromatic heterocycles. The molecule has 0 unspecified atom stereocenters. The Hall–Kier alpha value is -2.74. The van der Waals surface area contributed by atoms with Crippen molar-refractivity contribution >= 4 is 0 Å². The largest absolute Gasteiger partial charge is 0.388 e. The van der Waals surface area contributed by atoms with Crippen LogP contribution in [0, 0.1) is 5.92 Å². The summed E-state index contributed by atoms with van der Waals surface area (Å²) in [6, 6.07) is 30.0. The fraction of sp³-hybridized carbons (Fsp3) is 0.561. The van der Waals surface area contributed by atoms with Crippen LogP contribution in [0.2, 0.25) is 0 Å². The van der Waals surface area contributed by atoms with E-state index >= 15 is 0 Å². The molecule has 0 amide bonds. The highest BCUT2D eigenvalue weighted by Crippen LogP contribution is 2.46. The van der Waals surface area contributed by atoms with E-state index < -0.39 is 48.4 Å². The van der Waals surface area contributed by atoms with E-state index in [-0.39, 0.29) is 30.8 Å². The van der Waals surface area contributed by atoms with Crippen molar-refractivity contribution in [2.45, 2.75) is 127 Å². The number of aliphatic hydroxyl groups is 1. The lowest BCUT2D eigenvalue weighted by Crippen LogP contribution is -2.60. The Morgan fingerprint density at radius 3 is 1.80 bits per heavy atom. The summed E-state index contributed by atoms with van der Waals surface area (Å²) in [5, 5.41) is 12.1. The van der Waals surface area contributed by atoms with E-state index in [2.05, 4.69) is 0 Å². The van der Waals surface area contributed by atoms with Crippen molar-refractivity contribution in [3.05, 3.63) is 108 Å². The second-order valence-electron chi connectivity index (χ2n) is 14.9. The van der Waals surface area contributed by atoms with Crippen LogP contribution in [0.25, 0.3) is 0 Å². The number of aliphatic hydroxyl groups excluding tert-OH is 1. The number of hydrogen-bond donors (Lipinski definition) is 1. The van der Waals surface area contributed by atoms with Crippen molar-refractivity contribution in [3.8, 4) is 0 Å².